The van der Waals surface area contributed by atoms with Crippen LogP contribution in [-0.4, -0.2) is 37.4 Å². The van der Waals surface area contributed by atoms with Crippen molar-refractivity contribution in [2.45, 2.75) is 43.6 Å². The van der Waals surface area contributed by atoms with Crippen molar-refractivity contribution in [3.05, 3.63) is 34.9 Å². The number of aliphatic hydroxyl groups excluding tert-OH is 1. The number of ether oxygens (including phenoxy) is 1. The monoisotopic (exact) mass is 325 g/mol. The van der Waals surface area contributed by atoms with E-state index >= 15 is 0 Å². The zero-order valence-electron chi connectivity index (χ0n) is 13.0. The van der Waals surface area contributed by atoms with E-state index in [1.54, 1.807) is 0 Å². The molecule has 1 aromatic carbocycles. The molecule has 5 heteroatoms. The molecule has 1 amide bonds. The third-order valence-electron chi connectivity index (χ3n) is 4.38. The van der Waals surface area contributed by atoms with Crippen molar-refractivity contribution in [1.29, 1.82) is 0 Å². The van der Waals surface area contributed by atoms with Crippen molar-refractivity contribution in [3.8, 4) is 0 Å². The number of nitrogens with one attached hydrogen (secondary N) is 1. The number of carbonyl (C=O) groups excluding carboxylic acids is 1. The minimum atomic E-state index is -0.686. The van der Waals surface area contributed by atoms with Crippen LogP contribution in [0.25, 0.3) is 0 Å². The smallest absolute Gasteiger partial charge is 0.230 e. The summed E-state index contributed by atoms with van der Waals surface area (Å²) in [7, 11) is 1.53. The Morgan fingerprint density at radius 2 is 2.14 bits per heavy atom. The second kappa shape index (κ2) is 7.95. The second-order valence-electron chi connectivity index (χ2n) is 5.97. The minimum Gasteiger partial charge on any atom is -0.389 e. The standard InChI is InChI=1S/C17H24ClNO3/c1-22-12-15(20)11-19-16(21)17(8-3-2-4-9-17)13-6-5-7-14(18)10-13/h5-7,10,15,20H,2-4,8-9,11-12H2,1H3,(H,19,21). The summed E-state index contributed by atoms with van der Waals surface area (Å²) in [5.41, 5.74) is 0.439. The van der Waals surface area contributed by atoms with Crippen LogP contribution in [0.2, 0.25) is 5.02 Å². The molecule has 0 spiro atoms. The van der Waals surface area contributed by atoms with Gasteiger partial charge in [-0.05, 0) is 30.5 Å². The molecule has 22 heavy (non-hydrogen) atoms. The van der Waals surface area contributed by atoms with E-state index in [-0.39, 0.29) is 19.1 Å². The highest BCUT2D eigenvalue weighted by Crippen LogP contribution is 2.40. The van der Waals surface area contributed by atoms with Crippen LogP contribution in [-0.2, 0) is 14.9 Å². The highest BCUT2D eigenvalue weighted by Gasteiger charge is 2.41. The number of benzene rings is 1. The van der Waals surface area contributed by atoms with E-state index in [0.717, 1.165) is 37.7 Å². The number of amides is 1. The normalized spacial score (nSPS) is 18.7. The molecule has 4 nitrogen and oxygen atoms in total. The largest absolute Gasteiger partial charge is 0.389 e. The maximum atomic E-state index is 12.8. The molecule has 1 saturated carbocycles. The van der Waals surface area contributed by atoms with E-state index in [4.69, 9.17) is 16.3 Å². The Morgan fingerprint density at radius 3 is 2.77 bits per heavy atom. The number of hydrogen-bond acceptors (Lipinski definition) is 3. The number of hydrogen-bond donors (Lipinski definition) is 2. The molecule has 1 unspecified atom stereocenters. The lowest BCUT2D eigenvalue weighted by Crippen LogP contribution is -2.48. The fourth-order valence-corrected chi connectivity index (χ4v) is 3.41. The van der Waals surface area contributed by atoms with Crippen LogP contribution in [0.5, 0.6) is 0 Å². The quantitative estimate of drug-likeness (QED) is 0.845. The zero-order chi connectivity index (χ0) is 16.0. The summed E-state index contributed by atoms with van der Waals surface area (Å²) in [6.07, 6.45) is 4.16. The maximum Gasteiger partial charge on any atom is 0.230 e. The first-order valence-corrected chi connectivity index (χ1v) is 8.17. The highest BCUT2D eigenvalue weighted by molar-refractivity contribution is 6.30. The topological polar surface area (TPSA) is 58.6 Å². The summed E-state index contributed by atoms with van der Waals surface area (Å²) < 4.78 is 4.89. The summed E-state index contributed by atoms with van der Waals surface area (Å²) >= 11 is 6.11. The van der Waals surface area contributed by atoms with Crippen LogP contribution in [0.3, 0.4) is 0 Å². The van der Waals surface area contributed by atoms with Crippen molar-refractivity contribution < 1.29 is 14.6 Å². The van der Waals surface area contributed by atoms with Gasteiger partial charge < -0.3 is 15.2 Å². The first-order valence-electron chi connectivity index (χ1n) is 7.80. The van der Waals surface area contributed by atoms with Gasteiger partial charge in [-0.15, -0.1) is 0 Å². The van der Waals surface area contributed by atoms with E-state index in [1.165, 1.54) is 7.11 Å². The van der Waals surface area contributed by atoms with Gasteiger partial charge in [0.05, 0.1) is 18.1 Å². The fraction of sp³-hybridized carbons (Fsp3) is 0.588. The molecule has 0 heterocycles. The van der Waals surface area contributed by atoms with Crippen molar-refractivity contribution in [3.63, 3.8) is 0 Å². The van der Waals surface area contributed by atoms with E-state index in [2.05, 4.69) is 5.32 Å². The number of halogens is 1. The average molecular weight is 326 g/mol. The van der Waals surface area contributed by atoms with Crippen LogP contribution >= 0.6 is 11.6 Å². The molecule has 0 radical (unpaired) electrons. The molecule has 122 valence electrons. The van der Waals surface area contributed by atoms with Gasteiger partial charge in [0, 0.05) is 18.7 Å². The lowest BCUT2D eigenvalue weighted by Gasteiger charge is -2.36. The SMILES string of the molecule is COCC(O)CNC(=O)C1(c2cccc(Cl)c2)CCCCC1. The van der Waals surface area contributed by atoms with E-state index in [0.29, 0.717) is 5.02 Å². The number of carbonyl (C=O) groups is 1. The van der Waals surface area contributed by atoms with Gasteiger partial charge in [-0.3, -0.25) is 4.79 Å². The predicted octanol–water partition coefficient (Wildman–Crippen LogP) is 2.67. The molecule has 2 N–H and O–H groups in total. The van der Waals surface area contributed by atoms with Gasteiger partial charge >= 0.3 is 0 Å². The van der Waals surface area contributed by atoms with Crippen LogP contribution in [0, 0.1) is 0 Å². The molecule has 1 atom stereocenters. The highest BCUT2D eigenvalue weighted by atomic mass is 35.5. The molecule has 0 bridgehead atoms. The number of methoxy groups -OCH3 is 1. The summed E-state index contributed by atoms with van der Waals surface area (Å²) in [5.74, 6) is -0.0235. The average Bonchev–Trinajstić information content (AvgIpc) is 2.53. The molecule has 2 rings (SSSR count). The lowest BCUT2D eigenvalue weighted by molar-refractivity contribution is -0.128. The van der Waals surface area contributed by atoms with Gasteiger partial charge in [-0.2, -0.15) is 0 Å². The molecular formula is C17H24ClNO3. The Labute approximate surface area is 136 Å². The van der Waals surface area contributed by atoms with Crippen LogP contribution in [0.4, 0.5) is 0 Å². The van der Waals surface area contributed by atoms with Crippen molar-refractivity contribution >= 4 is 17.5 Å². The van der Waals surface area contributed by atoms with Crippen LogP contribution < -0.4 is 5.32 Å². The van der Waals surface area contributed by atoms with Crippen LogP contribution in [0.15, 0.2) is 24.3 Å². The lowest BCUT2D eigenvalue weighted by atomic mass is 9.68. The molecular weight excluding hydrogens is 302 g/mol. The van der Waals surface area contributed by atoms with Crippen molar-refractivity contribution in [2.24, 2.45) is 0 Å². The third kappa shape index (κ3) is 4.00. The fourth-order valence-electron chi connectivity index (χ4n) is 3.22. The first kappa shape index (κ1) is 17.3. The van der Waals surface area contributed by atoms with Crippen molar-refractivity contribution in [1.82, 2.24) is 5.32 Å². The number of aliphatic hydroxyl groups is 1. The predicted molar refractivity (Wildman–Crippen MR) is 87.1 cm³/mol. The van der Waals surface area contributed by atoms with Crippen molar-refractivity contribution in [2.75, 3.05) is 20.3 Å². The summed E-state index contributed by atoms with van der Waals surface area (Å²) in [6, 6.07) is 7.57. The van der Waals surface area contributed by atoms with Crippen LogP contribution in [0.1, 0.15) is 37.7 Å². The molecule has 1 aliphatic rings. The number of rotatable bonds is 6. The van der Waals surface area contributed by atoms with Gasteiger partial charge in [0.1, 0.15) is 0 Å². The summed E-state index contributed by atoms with van der Waals surface area (Å²) in [5, 5.41) is 13.3. The Kier molecular flexibility index (Phi) is 6.24. The van der Waals surface area contributed by atoms with Gasteiger partial charge in [0.15, 0.2) is 0 Å². The third-order valence-corrected chi connectivity index (χ3v) is 4.61. The molecule has 1 aromatic rings. The Morgan fingerprint density at radius 1 is 1.41 bits per heavy atom. The van der Waals surface area contributed by atoms with Gasteiger partial charge in [-0.1, -0.05) is 43.0 Å². The Hall–Kier alpha value is -1.10. The molecule has 0 saturated heterocycles. The summed E-state index contributed by atoms with van der Waals surface area (Å²) in [6.45, 7) is 0.416. The molecule has 0 aromatic heterocycles. The molecule has 0 aliphatic heterocycles. The molecule has 1 aliphatic carbocycles. The van der Waals surface area contributed by atoms with E-state index < -0.39 is 11.5 Å². The Balaban J connectivity index is 2.16. The molecule has 1 fully saturated rings. The maximum absolute atomic E-state index is 12.8. The summed E-state index contributed by atoms with van der Waals surface area (Å²) in [4.78, 5) is 12.8. The Bertz CT molecular complexity index is 500. The minimum absolute atomic E-state index is 0.0235. The van der Waals surface area contributed by atoms with E-state index in [9.17, 15) is 9.90 Å². The van der Waals surface area contributed by atoms with E-state index in [1.807, 2.05) is 24.3 Å². The van der Waals surface area contributed by atoms with Gasteiger partial charge in [0.2, 0.25) is 5.91 Å². The van der Waals surface area contributed by atoms with Gasteiger partial charge in [-0.25, -0.2) is 0 Å². The zero-order valence-corrected chi connectivity index (χ0v) is 13.7. The first-order chi connectivity index (χ1) is 10.6. The second-order valence-corrected chi connectivity index (χ2v) is 6.41. The van der Waals surface area contributed by atoms with Gasteiger partial charge in [0.25, 0.3) is 0 Å².